The van der Waals surface area contributed by atoms with Crippen molar-refractivity contribution < 1.29 is 14.3 Å². The summed E-state index contributed by atoms with van der Waals surface area (Å²) in [5, 5.41) is 2.35. The van der Waals surface area contributed by atoms with Crippen LogP contribution < -0.4 is 5.32 Å². The van der Waals surface area contributed by atoms with E-state index >= 15 is 0 Å². The number of carbonyl (C=O) groups is 2. The Balaban J connectivity index is 3.80. The highest BCUT2D eigenvalue weighted by atomic mass is 16.5. The number of hydrogen-bond donors (Lipinski definition) is 1. The van der Waals surface area contributed by atoms with Crippen molar-refractivity contribution >= 4 is 11.9 Å². The molecule has 0 saturated heterocycles. The molecule has 14 heavy (non-hydrogen) atoms. The van der Waals surface area contributed by atoms with Crippen LogP contribution in [0.1, 0.15) is 0 Å². The number of carbonyl (C=O) groups excluding carboxylic acids is 2. The van der Waals surface area contributed by atoms with Crippen LogP contribution in [0.15, 0.2) is 24.8 Å². The standard InChI is InChI=1S/C10H11NO3/c1-3-7-11-9(12)5-6-10(13)14-8-4-2/h1,4-6H,2,7-8H2,(H,11,12)/b6-5+. The molecule has 1 amide bonds. The van der Waals surface area contributed by atoms with E-state index in [0.29, 0.717) is 0 Å². The molecule has 0 aromatic rings. The quantitative estimate of drug-likeness (QED) is 0.290. The van der Waals surface area contributed by atoms with Crippen molar-refractivity contribution in [3.8, 4) is 12.3 Å². The fourth-order valence-electron chi connectivity index (χ4n) is 0.530. The summed E-state index contributed by atoms with van der Waals surface area (Å²) in [6.07, 6.45) is 8.42. The van der Waals surface area contributed by atoms with E-state index in [1.165, 1.54) is 6.08 Å². The fourth-order valence-corrected chi connectivity index (χ4v) is 0.530. The monoisotopic (exact) mass is 193 g/mol. The van der Waals surface area contributed by atoms with Crippen molar-refractivity contribution in [2.24, 2.45) is 0 Å². The van der Waals surface area contributed by atoms with Gasteiger partial charge in [0.2, 0.25) is 5.91 Å². The summed E-state index contributed by atoms with van der Waals surface area (Å²) in [4.78, 5) is 21.7. The minimum Gasteiger partial charge on any atom is -0.458 e. The third-order valence-electron chi connectivity index (χ3n) is 1.08. The molecule has 1 N–H and O–H groups in total. The van der Waals surface area contributed by atoms with E-state index < -0.39 is 11.9 Å². The Kier molecular flexibility index (Phi) is 6.52. The molecule has 4 heteroatoms. The van der Waals surface area contributed by atoms with E-state index in [1.807, 2.05) is 0 Å². The fraction of sp³-hybridized carbons (Fsp3) is 0.200. The van der Waals surface area contributed by atoms with Crippen molar-refractivity contribution in [1.82, 2.24) is 5.32 Å². The summed E-state index contributed by atoms with van der Waals surface area (Å²) in [5.74, 6) is 1.20. The number of terminal acetylenes is 1. The Bertz CT molecular complexity index is 286. The Labute approximate surface area is 82.6 Å². The topological polar surface area (TPSA) is 55.4 Å². The second-order valence-electron chi connectivity index (χ2n) is 2.17. The first-order valence-corrected chi connectivity index (χ1v) is 3.87. The summed E-state index contributed by atoms with van der Waals surface area (Å²) in [5.41, 5.74) is 0. The first kappa shape index (κ1) is 12.0. The van der Waals surface area contributed by atoms with Crippen molar-refractivity contribution in [2.75, 3.05) is 13.2 Å². The third kappa shape index (κ3) is 6.68. The van der Waals surface area contributed by atoms with Gasteiger partial charge in [0.1, 0.15) is 6.61 Å². The molecule has 0 aliphatic heterocycles. The molecule has 0 atom stereocenters. The molecule has 0 saturated carbocycles. The smallest absolute Gasteiger partial charge is 0.331 e. The Morgan fingerprint density at radius 3 is 2.79 bits per heavy atom. The Hall–Kier alpha value is -2.02. The zero-order valence-electron chi connectivity index (χ0n) is 7.66. The molecule has 0 rings (SSSR count). The van der Waals surface area contributed by atoms with Gasteiger partial charge in [0.25, 0.3) is 0 Å². The largest absolute Gasteiger partial charge is 0.458 e. The van der Waals surface area contributed by atoms with Crippen molar-refractivity contribution in [1.29, 1.82) is 0 Å². The zero-order chi connectivity index (χ0) is 10.8. The summed E-state index contributed by atoms with van der Waals surface area (Å²) >= 11 is 0. The number of esters is 1. The van der Waals surface area contributed by atoms with Crippen molar-refractivity contribution in [3.05, 3.63) is 24.8 Å². The summed E-state index contributed by atoms with van der Waals surface area (Å²) in [6, 6.07) is 0. The first-order valence-electron chi connectivity index (χ1n) is 3.87. The Morgan fingerprint density at radius 1 is 1.50 bits per heavy atom. The van der Waals surface area contributed by atoms with E-state index in [1.54, 1.807) is 0 Å². The van der Waals surface area contributed by atoms with Gasteiger partial charge < -0.3 is 10.1 Å². The summed E-state index contributed by atoms with van der Waals surface area (Å²) < 4.78 is 4.58. The summed E-state index contributed by atoms with van der Waals surface area (Å²) in [7, 11) is 0. The van der Waals surface area contributed by atoms with Gasteiger partial charge in [-0.2, -0.15) is 0 Å². The lowest BCUT2D eigenvalue weighted by atomic mass is 10.4. The number of ether oxygens (including phenoxy) is 1. The molecule has 0 aromatic heterocycles. The van der Waals surface area contributed by atoms with Gasteiger partial charge in [-0.3, -0.25) is 4.79 Å². The SMILES string of the molecule is C#CCNC(=O)/C=C/C(=O)OCC=C. The van der Waals surface area contributed by atoms with E-state index in [0.717, 1.165) is 12.2 Å². The molecule has 0 bridgehead atoms. The molecule has 0 heterocycles. The average Bonchev–Trinajstić information content (AvgIpc) is 2.20. The lowest BCUT2D eigenvalue weighted by molar-refractivity contribution is -0.136. The van der Waals surface area contributed by atoms with Crippen LogP contribution in [0.25, 0.3) is 0 Å². The van der Waals surface area contributed by atoms with Crippen LogP contribution in [0.4, 0.5) is 0 Å². The highest BCUT2D eigenvalue weighted by molar-refractivity contribution is 5.94. The minimum atomic E-state index is -0.597. The maximum Gasteiger partial charge on any atom is 0.331 e. The van der Waals surface area contributed by atoms with E-state index in [9.17, 15) is 9.59 Å². The van der Waals surface area contributed by atoms with Crippen LogP contribution in [-0.4, -0.2) is 25.0 Å². The summed E-state index contributed by atoms with van der Waals surface area (Å²) in [6.45, 7) is 3.62. The van der Waals surface area contributed by atoms with Gasteiger partial charge in [0.15, 0.2) is 0 Å². The highest BCUT2D eigenvalue weighted by Crippen LogP contribution is 1.82. The molecule has 0 unspecified atom stereocenters. The molecule has 0 fully saturated rings. The minimum absolute atomic E-state index is 0.120. The number of rotatable bonds is 5. The lowest BCUT2D eigenvalue weighted by Crippen LogP contribution is -2.21. The van der Waals surface area contributed by atoms with Crippen LogP contribution in [0, 0.1) is 12.3 Å². The zero-order valence-corrected chi connectivity index (χ0v) is 7.66. The molecular formula is C10H11NO3. The van der Waals surface area contributed by atoms with Gasteiger partial charge >= 0.3 is 5.97 Å². The van der Waals surface area contributed by atoms with Crippen LogP contribution in [0.2, 0.25) is 0 Å². The molecule has 0 aliphatic rings. The molecule has 4 nitrogen and oxygen atoms in total. The third-order valence-corrected chi connectivity index (χ3v) is 1.08. The van der Waals surface area contributed by atoms with Gasteiger partial charge in [-0.05, 0) is 0 Å². The second kappa shape index (κ2) is 7.62. The molecular weight excluding hydrogens is 182 g/mol. The Morgan fingerprint density at radius 2 is 2.21 bits per heavy atom. The van der Waals surface area contributed by atoms with Crippen LogP contribution in [0.5, 0.6) is 0 Å². The van der Waals surface area contributed by atoms with Gasteiger partial charge in [-0.1, -0.05) is 18.6 Å². The van der Waals surface area contributed by atoms with Crippen LogP contribution in [-0.2, 0) is 14.3 Å². The van der Waals surface area contributed by atoms with Gasteiger partial charge in [-0.15, -0.1) is 6.42 Å². The second-order valence-corrected chi connectivity index (χ2v) is 2.17. The van der Waals surface area contributed by atoms with Gasteiger partial charge in [0, 0.05) is 12.2 Å². The van der Waals surface area contributed by atoms with E-state index in [2.05, 4.69) is 22.6 Å². The van der Waals surface area contributed by atoms with Crippen LogP contribution >= 0.6 is 0 Å². The predicted molar refractivity (Wildman–Crippen MR) is 52.1 cm³/mol. The van der Waals surface area contributed by atoms with Gasteiger partial charge in [0.05, 0.1) is 6.54 Å². The molecule has 0 radical (unpaired) electrons. The predicted octanol–water partition coefficient (Wildman–Crippen LogP) is 0.0212. The number of nitrogens with one attached hydrogen (secondary N) is 1. The number of amides is 1. The molecule has 0 spiro atoms. The lowest BCUT2D eigenvalue weighted by Gasteiger charge is -1.96. The first-order chi connectivity index (χ1) is 6.70. The maximum absolute atomic E-state index is 10.9. The number of hydrogen-bond acceptors (Lipinski definition) is 3. The van der Waals surface area contributed by atoms with E-state index in [-0.39, 0.29) is 13.2 Å². The van der Waals surface area contributed by atoms with Gasteiger partial charge in [-0.25, -0.2) is 4.79 Å². The molecule has 0 aromatic carbocycles. The van der Waals surface area contributed by atoms with Crippen LogP contribution in [0.3, 0.4) is 0 Å². The average molecular weight is 193 g/mol. The molecule has 74 valence electrons. The molecule has 0 aliphatic carbocycles. The normalized spacial score (nSPS) is 9.07. The van der Waals surface area contributed by atoms with E-state index in [4.69, 9.17) is 6.42 Å². The highest BCUT2D eigenvalue weighted by Gasteiger charge is 1.96. The van der Waals surface area contributed by atoms with Crippen molar-refractivity contribution in [2.45, 2.75) is 0 Å². The maximum atomic E-state index is 10.9. The van der Waals surface area contributed by atoms with Crippen molar-refractivity contribution in [3.63, 3.8) is 0 Å².